The molecular formula is C11H14N3O2+. The predicted octanol–water partition coefficient (Wildman–Crippen LogP) is 0.356. The first-order valence-corrected chi connectivity index (χ1v) is 5.08. The number of carbonyl (C=O) groups excluding carboxylic acids is 1. The quantitative estimate of drug-likeness (QED) is 0.451. The van der Waals surface area contributed by atoms with Crippen molar-refractivity contribution in [1.29, 1.82) is 0 Å². The van der Waals surface area contributed by atoms with Crippen molar-refractivity contribution in [2.75, 3.05) is 12.4 Å². The molecule has 0 fully saturated rings. The lowest BCUT2D eigenvalue weighted by molar-refractivity contribution is -0.648. The Hall–Kier alpha value is -2.04. The summed E-state index contributed by atoms with van der Waals surface area (Å²) in [6.07, 6.45) is 0. The molecule has 0 atom stereocenters. The highest BCUT2D eigenvalue weighted by Crippen LogP contribution is 2.11. The van der Waals surface area contributed by atoms with Crippen LogP contribution in [-0.4, -0.2) is 17.3 Å². The van der Waals surface area contributed by atoms with E-state index >= 15 is 0 Å². The Bertz CT molecular complexity index is 506. The molecule has 0 bridgehead atoms. The van der Waals surface area contributed by atoms with Crippen molar-refractivity contribution in [2.24, 2.45) is 7.05 Å². The molecule has 1 aromatic heterocycles. The minimum absolute atomic E-state index is 0.334. The van der Waals surface area contributed by atoms with Crippen LogP contribution in [0.15, 0.2) is 24.3 Å². The van der Waals surface area contributed by atoms with Gasteiger partial charge in [0, 0.05) is 0 Å². The number of esters is 1. The highest BCUT2D eigenvalue weighted by molar-refractivity contribution is 5.88. The number of aromatic nitrogens is 2. The van der Waals surface area contributed by atoms with E-state index in [0.29, 0.717) is 12.4 Å². The fourth-order valence-electron chi connectivity index (χ4n) is 1.77. The van der Waals surface area contributed by atoms with Crippen molar-refractivity contribution in [1.82, 2.24) is 4.68 Å². The number of para-hydroxylation sites is 2. The van der Waals surface area contributed by atoms with Gasteiger partial charge in [-0.1, -0.05) is 12.1 Å². The number of nitrogens with two attached hydrogens (primary N) is 1. The van der Waals surface area contributed by atoms with Gasteiger partial charge in [-0.3, -0.25) is 5.84 Å². The normalized spacial score (nSPS) is 10.6. The van der Waals surface area contributed by atoms with Gasteiger partial charge >= 0.3 is 11.8 Å². The van der Waals surface area contributed by atoms with Gasteiger partial charge < -0.3 is 4.74 Å². The minimum Gasteiger partial charge on any atom is -0.457 e. The summed E-state index contributed by atoms with van der Waals surface area (Å²) >= 11 is 0. The Kier molecular flexibility index (Phi) is 2.52. The first-order valence-electron chi connectivity index (χ1n) is 5.08. The molecule has 2 aromatic rings. The van der Waals surface area contributed by atoms with Crippen LogP contribution in [0.3, 0.4) is 0 Å². The Balaban J connectivity index is 2.66. The monoisotopic (exact) mass is 220 g/mol. The molecule has 2 N–H and O–H groups in total. The van der Waals surface area contributed by atoms with E-state index in [-0.39, 0.29) is 0 Å². The molecular weight excluding hydrogens is 206 g/mol. The molecule has 1 aromatic carbocycles. The van der Waals surface area contributed by atoms with E-state index in [9.17, 15) is 4.79 Å². The second-order valence-electron chi connectivity index (χ2n) is 3.46. The van der Waals surface area contributed by atoms with Crippen LogP contribution in [0.2, 0.25) is 0 Å². The average Bonchev–Trinajstić information content (AvgIpc) is 2.53. The van der Waals surface area contributed by atoms with Gasteiger partial charge in [-0.2, -0.15) is 0 Å². The minimum atomic E-state index is -0.413. The van der Waals surface area contributed by atoms with Crippen LogP contribution in [0.25, 0.3) is 11.0 Å². The number of nitrogen functional groups attached to an aromatic ring is 1. The summed E-state index contributed by atoms with van der Waals surface area (Å²) in [4.78, 5) is 11.7. The van der Waals surface area contributed by atoms with Crippen molar-refractivity contribution in [3.8, 4) is 0 Å². The highest BCUT2D eigenvalue weighted by Gasteiger charge is 2.28. The maximum Gasteiger partial charge on any atom is 0.424 e. The zero-order valence-electron chi connectivity index (χ0n) is 9.30. The molecule has 2 rings (SSSR count). The number of ether oxygens (including phenoxy) is 1. The molecule has 0 aliphatic heterocycles. The van der Waals surface area contributed by atoms with Crippen LogP contribution in [0, 0.1) is 0 Å². The van der Waals surface area contributed by atoms with E-state index in [4.69, 9.17) is 10.6 Å². The second kappa shape index (κ2) is 3.84. The number of aryl methyl sites for hydroxylation is 1. The standard InChI is InChI=1S/C11H13N3O2/c1-3-16-11(15)10-13(2)8-6-4-5-7-9(8)14(10)12/h4-7H,3H2,1-2H3,(H-,12,15)/p+1. The van der Waals surface area contributed by atoms with Crippen molar-refractivity contribution >= 4 is 17.0 Å². The van der Waals surface area contributed by atoms with Crippen LogP contribution in [0.5, 0.6) is 0 Å². The summed E-state index contributed by atoms with van der Waals surface area (Å²) in [5.74, 6) is 5.79. The van der Waals surface area contributed by atoms with Gasteiger partial charge in [-0.05, 0) is 19.1 Å². The van der Waals surface area contributed by atoms with E-state index in [0.717, 1.165) is 11.0 Å². The zero-order chi connectivity index (χ0) is 11.7. The number of fused-ring (bicyclic) bond motifs is 1. The molecule has 16 heavy (non-hydrogen) atoms. The largest absolute Gasteiger partial charge is 0.457 e. The molecule has 84 valence electrons. The smallest absolute Gasteiger partial charge is 0.424 e. The molecule has 0 aliphatic rings. The molecule has 0 saturated heterocycles. The fourth-order valence-corrected chi connectivity index (χ4v) is 1.77. The third kappa shape index (κ3) is 1.41. The molecule has 0 radical (unpaired) electrons. The molecule has 0 unspecified atom stereocenters. The summed E-state index contributed by atoms with van der Waals surface area (Å²) in [5.41, 5.74) is 1.70. The summed E-state index contributed by atoms with van der Waals surface area (Å²) in [6.45, 7) is 2.10. The lowest BCUT2D eigenvalue weighted by atomic mass is 10.3. The molecule has 5 heteroatoms. The average molecular weight is 220 g/mol. The van der Waals surface area contributed by atoms with Gasteiger partial charge in [0.15, 0.2) is 11.0 Å². The van der Waals surface area contributed by atoms with Crippen molar-refractivity contribution in [3.63, 3.8) is 0 Å². The van der Waals surface area contributed by atoms with E-state index in [1.165, 1.54) is 4.68 Å². The summed E-state index contributed by atoms with van der Waals surface area (Å²) in [6, 6.07) is 7.54. The van der Waals surface area contributed by atoms with E-state index < -0.39 is 5.97 Å². The zero-order valence-corrected chi connectivity index (χ0v) is 9.30. The number of nitrogens with zero attached hydrogens (tertiary/aromatic N) is 2. The van der Waals surface area contributed by atoms with E-state index in [1.54, 1.807) is 18.5 Å². The topological polar surface area (TPSA) is 61.1 Å². The Morgan fingerprint density at radius 1 is 1.50 bits per heavy atom. The van der Waals surface area contributed by atoms with Gasteiger partial charge in [0.2, 0.25) is 0 Å². The van der Waals surface area contributed by atoms with Crippen LogP contribution in [0.1, 0.15) is 17.5 Å². The van der Waals surface area contributed by atoms with Gasteiger partial charge in [-0.15, -0.1) is 4.68 Å². The maximum atomic E-state index is 11.7. The van der Waals surface area contributed by atoms with E-state index in [2.05, 4.69) is 0 Å². The van der Waals surface area contributed by atoms with Crippen molar-refractivity contribution in [2.45, 2.75) is 6.92 Å². The predicted molar refractivity (Wildman–Crippen MR) is 59.2 cm³/mol. The van der Waals surface area contributed by atoms with Crippen molar-refractivity contribution in [3.05, 3.63) is 30.1 Å². The first kappa shape index (κ1) is 10.5. The first-order chi connectivity index (χ1) is 7.66. The second-order valence-corrected chi connectivity index (χ2v) is 3.46. The van der Waals surface area contributed by atoms with E-state index in [1.807, 2.05) is 24.3 Å². The Morgan fingerprint density at radius 3 is 2.81 bits per heavy atom. The van der Waals surface area contributed by atoms with Gasteiger partial charge in [0.25, 0.3) is 0 Å². The number of carbonyl (C=O) groups is 1. The van der Waals surface area contributed by atoms with Gasteiger partial charge in [0.05, 0.1) is 13.7 Å². The maximum absolute atomic E-state index is 11.7. The molecule has 0 spiro atoms. The Morgan fingerprint density at radius 2 is 2.19 bits per heavy atom. The van der Waals surface area contributed by atoms with Crippen LogP contribution in [-0.2, 0) is 11.8 Å². The van der Waals surface area contributed by atoms with Crippen LogP contribution in [0.4, 0.5) is 0 Å². The van der Waals surface area contributed by atoms with Gasteiger partial charge in [0.1, 0.15) is 0 Å². The number of hydrogen-bond donors (Lipinski definition) is 1. The number of imidazole rings is 1. The fraction of sp³-hybridized carbons (Fsp3) is 0.273. The SMILES string of the molecule is CCOC(=O)c1n(N)c2ccccc2[n+]1C. The van der Waals surface area contributed by atoms with Crippen molar-refractivity contribution < 1.29 is 14.1 Å². The lowest BCUT2D eigenvalue weighted by Gasteiger charge is -1.97. The van der Waals surface area contributed by atoms with Gasteiger partial charge in [-0.25, -0.2) is 9.36 Å². The molecule has 0 saturated carbocycles. The Labute approximate surface area is 93.0 Å². The number of rotatable bonds is 2. The van der Waals surface area contributed by atoms with Crippen LogP contribution < -0.4 is 10.4 Å². The number of benzene rings is 1. The lowest BCUT2D eigenvalue weighted by Crippen LogP contribution is -2.38. The van der Waals surface area contributed by atoms with Crippen LogP contribution >= 0.6 is 0 Å². The molecule has 0 amide bonds. The third-order valence-corrected chi connectivity index (χ3v) is 2.51. The molecule has 0 aliphatic carbocycles. The summed E-state index contributed by atoms with van der Waals surface area (Å²) < 4.78 is 8.04. The molecule has 1 heterocycles. The summed E-state index contributed by atoms with van der Waals surface area (Å²) in [5, 5.41) is 0. The summed E-state index contributed by atoms with van der Waals surface area (Å²) in [7, 11) is 1.79. The third-order valence-electron chi connectivity index (χ3n) is 2.51. The molecule has 5 nitrogen and oxygen atoms in total. The highest BCUT2D eigenvalue weighted by atomic mass is 16.5. The number of hydrogen-bond acceptors (Lipinski definition) is 3.